The monoisotopic (exact) mass is 273 g/mol. The lowest BCUT2D eigenvalue weighted by Crippen LogP contribution is -2.16. The summed E-state index contributed by atoms with van der Waals surface area (Å²) >= 11 is 5.80. The second-order valence-electron chi connectivity index (χ2n) is 4.58. The Morgan fingerprint density at radius 2 is 1.78 bits per heavy atom. The van der Waals surface area contributed by atoms with Crippen molar-refractivity contribution in [2.75, 3.05) is 6.61 Å². The Hall–Kier alpha value is -1.10. The molecule has 0 aromatic carbocycles. The van der Waals surface area contributed by atoms with Gasteiger partial charge in [0.25, 0.3) is 0 Å². The highest BCUT2D eigenvalue weighted by Gasteiger charge is 2.12. The zero-order chi connectivity index (χ0) is 13.5. The maximum Gasteiger partial charge on any atom is 0.324 e. The molecule has 1 unspecified atom stereocenters. The van der Waals surface area contributed by atoms with Crippen molar-refractivity contribution in [3.63, 3.8) is 0 Å². The van der Waals surface area contributed by atoms with Crippen molar-refractivity contribution < 1.29 is 9.47 Å². The van der Waals surface area contributed by atoms with Crippen LogP contribution < -0.4 is 9.47 Å². The highest BCUT2D eigenvalue weighted by molar-refractivity contribution is 6.28. The zero-order valence-corrected chi connectivity index (χ0v) is 12.1. The van der Waals surface area contributed by atoms with E-state index in [4.69, 9.17) is 21.1 Å². The third-order valence-corrected chi connectivity index (χ3v) is 2.28. The van der Waals surface area contributed by atoms with Gasteiger partial charge in [-0.3, -0.25) is 0 Å². The van der Waals surface area contributed by atoms with E-state index in [2.05, 4.69) is 28.8 Å². The molecule has 1 aromatic rings. The maximum absolute atomic E-state index is 5.80. The van der Waals surface area contributed by atoms with E-state index in [0.29, 0.717) is 12.5 Å². The van der Waals surface area contributed by atoms with Crippen LogP contribution in [0.25, 0.3) is 0 Å². The van der Waals surface area contributed by atoms with Gasteiger partial charge in [-0.15, -0.1) is 4.98 Å². The third kappa shape index (κ3) is 5.49. The molecule has 18 heavy (non-hydrogen) atoms. The minimum absolute atomic E-state index is 0.0301. The first kappa shape index (κ1) is 15.0. The first-order chi connectivity index (χ1) is 8.51. The van der Waals surface area contributed by atoms with Gasteiger partial charge in [0.05, 0.1) is 12.7 Å². The third-order valence-electron chi connectivity index (χ3n) is 2.11. The van der Waals surface area contributed by atoms with E-state index in [9.17, 15) is 0 Å². The fourth-order valence-corrected chi connectivity index (χ4v) is 1.66. The fraction of sp³-hybridized carbons (Fsp3) is 0.750. The number of halogens is 1. The van der Waals surface area contributed by atoms with Gasteiger partial charge in [-0.1, -0.05) is 20.8 Å². The highest BCUT2D eigenvalue weighted by Crippen LogP contribution is 2.16. The van der Waals surface area contributed by atoms with Gasteiger partial charge in [0, 0.05) is 0 Å². The van der Waals surface area contributed by atoms with Crippen LogP contribution >= 0.6 is 11.6 Å². The second kappa shape index (κ2) is 7.36. The quantitative estimate of drug-likeness (QED) is 0.764. The summed E-state index contributed by atoms with van der Waals surface area (Å²) < 4.78 is 10.9. The number of nitrogens with zero attached hydrogens (tertiary/aromatic N) is 3. The molecule has 0 aliphatic heterocycles. The van der Waals surface area contributed by atoms with E-state index in [1.807, 2.05) is 13.8 Å². The molecule has 0 bridgehead atoms. The summed E-state index contributed by atoms with van der Waals surface area (Å²) in [5.41, 5.74) is 0. The summed E-state index contributed by atoms with van der Waals surface area (Å²) in [5.74, 6) is 0.549. The molecule has 0 amide bonds. The zero-order valence-electron chi connectivity index (χ0n) is 11.3. The largest absolute Gasteiger partial charge is 0.463 e. The maximum atomic E-state index is 5.80. The normalized spacial score (nSPS) is 12.6. The summed E-state index contributed by atoms with van der Waals surface area (Å²) in [5, 5.41) is 0.0860. The van der Waals surface area contributed by atoms with Crippen LogP contribution in [0.1, 0.15) is 40.5 Å². The van der Waals surface area contributed by atoms with Crippen molar-refractivity contribution in [1.29, 1.82) is 0 Å². The molecular weight excluding hydrogens is 254 g/mol. The molecular formula is C12H20ClN3O2. The van der Waals surface area contributed by atoms with Crippen LogP contribution in [-0.2, 0) is 0 Å². The number of ether oxygens (including phenoxy) is 2. The number of hydrogen-bond acceptors (Lipinski definition) is 5. The van der Waals surface area contributed by atoms with Gasteiger partial charge < -0.3 is 9.47 Å². The molecule has 5 nitrogen and oxygen atoms in total. The van der Waals surface area contributed by atoms with E-state index in [0.717, 1.165) is 12.8 Å². The molecule has 0 aliphatic rings. The Kier molecular flexibility index (Phi) is 6.12. The van der Waals surface area contributed by atoms with Gasteiger partial charge in [-0.2, -0.15) is 9.97 Å². The molecule has 0 radical (unpaired) electrons. The number of hydrogen-bond donors (Lipinski definition) is 0. The first-order valence-corrected chi connectivity index (χ1v) is 6.60. The average molecular weight is 274 g/mol. The topological polar surface area (TPSA) is 57.1 Å². The molecule has 0 spiro atoms. The molecule has 0 saturated heterocycles. The molecule has 0 N–H and O–H groups in total. The van der Waals surface area contributed by atoms with E-state index < -0.39 is 0 Å². The van der Waals surface area contributed by atoms with Gasteiger partial charge in [0.15, 0.2) is 0 Å². The summed E-state index contributed by atoms with van der Waals surface area (Å²) in [6.45, 7) is 8.79. The summed E-state index contributed by atoms with van der Waals surface area (Å²) in [7, 11) is 0. The molecule has 0 aliphatic carbocycles. The van der Waals surface area contributed by atoms with Crippen molar-refractivity contribution in [1.82, 2.24) is 15.0 Å². The molecule has 1 heterocycles. The molecule has 1 aromatic heterocycles. The van der Waals surface area contributed by atoms with Gasteiger partial charge in [-0.25, -0.2) is 0 Å². The van der Waals surface area contributed by atoms with Crippen molar-refractivity contribution >= 4 is 11.6 Å². The van der Waals surface area contributed by atoms with Crippen LogP contribution in [0, 0.1) is 5.92 Å². The lowest BCUT2D eigenvalue weighted by atomic mass is 10.1. The lowest BCUT2D eigenvalue weighted by molar-refractivity contribution is 0.173. The van der Waals surface area contributed by atoms with E-state index in [1.165, 1.54) is 0 Å². The van der Waals surface area contributed by atoms with Gasteiger partial charge >= 0.3 is 12.0 Å². The van der Waals surface area contributed by atoms with Gasteiger partial charge in [0.2, 0.25) is 5.28 Å². The Morgan fingerprint density at radius 1 is 1.11 bits per heavy atom. The fourth-order valence-electron chi connectivity index (χ4n) is 1.52. The van der Waals surface area contributed by atoms with E-state index >= 15 is 0 Å². The molecule has 0 saturated carbocycles. The molecule has 102 valence electrons. The number of aromatic nitrogens is 3. The van der Waals surface area contributed by atoms with E-state index in [1.54, 1.807) is 0 Å². The Morgan fingerprint density at radius 3 is 2.39 bits per heavy atom. The summed E-state index contributed by atoms with van der Waals surface area (Å²) in [6, 6.07) is 0.429. The molecule has 0 fully saturated rings. The first-order valence-electron chi connectivity index (χ1n) is 6.22. The van der Waals surface area contributed by atoms with Crippen LogP contribution in [0.2, 0.25) is 5.28 Å². The van der Waals surface area contributed by atoms with Crippen LogP contribution in [-0.4, -0.2) is 27.7 Å². The SMILES string of the molecule is CCCOc1nc(Cl)nc(OC(C)CC(C)C)n1. The standard InChI is InChI=1S/C12H20ClN3O2/c1-5-6-17-11-14-10(13)15-12(16-11)18-9(4)7-8(2)3/h8-9H,5-7H2,1-4H3. The van der Waals surface area contributed by atoms with Crippen LogP contribution in [0.15, 0.2) is 0 Å². The van der Waals surface area contributed by atoms with Gasteiger partial charge in [0.1, 0.15) is 0 Å². The van der Waals surface area contributed by atoms with Crippen LogP contribution in [0.4, 0.5) is 0 Å². The highest BCUT2D eigenvalue weighted by atomic mass is 35.5. The Bertz CT molecular complexity index is 374. The smallest absolute Gasteiger partial charge is 0.324 e. The van der Waals surface area contributed by atoms with Crippen molar-refractivity contribution in [2.24, 2.45) is 5.92 Å². The van der Waals surface area contributed by atoms with Crippen LogP contribution in [0.5, 0.6) is 12.0 Å². The minimum Gasteiger partial charge on any atom is -0.463 e. The Labute approximate surface area is 113 Å². The predicted octanol–water partition coefficient (Wildman–Crippen LogP) is 3.13. The Balaban J connectivity index is 2.67. The summed E-state index contributed by atoms with van der Waals surface area (Å²) in [4.78, 5) is 11.9. The van der Waals surface area contributed by atoms with Crippen molar-refractivity contribution in [3.05, 3.63) is 5.28 Å². The van der Waals surface area contributed by atoms with E-state index in [-0.39, 0.29) is 23.4 Å². The molecule has 1 atom stereocenters. The average Bonchev–Trinajstić information content (AvgIpc) is 2.24. The second-order valence-corrected chi connectivity index (χ2v) is 4.91. The predicted molar refractivity (Wildman–Crippen MR) is 70.2 cm³/mol. The molecule has 6 heteroatoms. The van der Waals surface area contributed by atoms with Gasteiger partial charge in [-0.05, 0) is 37.3 Å². The lowest BCUT2D eigenvalue weighted by Gasteiger charge is -2.15. The minimum atomic E-state index is 0.0301. The van der Waals surface area contributed by atoms with Crippen molar-refractivity contribution in [3.8, 4) is 12.0 Å². The summed E-state index contributed by atoms with van der Waals surface area (Å²) in [6.07, 6.45) is 1.83. The number of rotatable bonds is 7. The van der Waals surface area contributed by atoms with Crippen LogP contribution in [0.3, 0.4) is 0 Å². The molecule has 1 rings (SSSR count). The van der Waals surface area contributed by atoms with Crippen molar-refractivity contribution in [2.45, 2.75) is 46.6 Å².